The van der Waals surface area contributed by atoms with E-state index in [2.05, 4.69) is 152 Å². The van der Waals surface area contributed by atoms with Crippen molar-refractivity contribution in [3.8, 4) is 28.6 Å². The topological polar surface area (TPSA) is 33.6 Å². The normalized spacial score (nSPS) is 11.5. The van der Waals surface area contributed by atoms with E-state index >= 15 is 0 Å². The molecule has 0 spiro atoms. The molecule has 0 bridgehead atoms. The van der Waals surface area contributed by atoms with Crippen molar-refractivity contribution in [2.75, 3.05) is 0 Å². The lowest BCUT2D eigenvalue weighted by atomic mass is 10.0. The zero-order chi connectivity index (χ0) is 27.5. The van der Waals surface area contributed by atoms with Crippen molar-refractivity contribution in [1.29, 1.82) is 5.26 Å². The predicted octanol–water partition coefficient (Wildman–Crippen LogP) is 10.2. The van der Waals surface area contributed by atoms with E-state index in [1.807, 2.05) is 12.1 Å². The summed E-state index contributed by atoms with van der Waals surface area (Å²) in [5.74, 6) is 0. The van der Waals surface area contributed by atoms with Crippen LogP contribution in [-0.4, -0.2) is 9.13 Å². The molecule has 8 aromatic rings. The highest BCUT2D eigenvalue weighted by atomic mass is 79.9. The Balaban J connectivity index is 1.50. The van der Waals surface area contributed by atoms with Crippen LogP contribution in [0.25, 0.3) is 66.1 Å². The maximum Gasteiger partial charge on any atom is 0.0991 e. The van der Waals surface area contributed by atoms with Crippen molar-refractivity contribution in [2.24, 2.45) is 0 Å². The van der Waals surface area contributed by atoms with Crippen LogP contribution in [0, 0.1) is 11.3 Å². The van der Waals surface area contributed by atoms with Crippen LogP contribution in [0.2, 0.25) is 0 Å². The van der Waals surface area contributed by atoms with Gasteiger partial charge in [-0.2, -0.15) is 5.26 Å². The smallest absolute Gasteiger partial charge is 0.0991 e. The third-order valence-corrected chi connectivity index (χ3v) is 8.67. The Bertz CT molecular complexity index is 2230. The fraction of sp³-hybridized carbons (Fsp3) is 0. The highest BCUT2D eigenvalue weighted by Gasteiger charge is 2.20. The molecule has 0 aliphatic rings. The first-order valence-electron chi connectivity index (χ1n) is 13.5. The van der Waals surface area contributed by atoms with Gasteiger partial charge in [0.15, 0.2) is 0 Å². The predicted molar refractivity (Wildman–Crippen MR) is 173 cm³/mol. The molecule has 0 N–H and O–H groups in total. The van der Waals surface area contributed by atoms with Gasteiger partial charge in [0.1, 0.15) is 0 Å². The van der Waals surface area contributed by atoms with Gasteiger partial charge in [0.25, 0.3) is 0 Å². The number of halogens is 1. The van der Waals surface area contributed by atoms with Crippen LogP contribution in [0.1, 0.15) is 5.56 Å². The number of aromatic nitrogens is 2. The highest BCUT2D eigenvalue weighted by molar-refractivity contribution is 9.10. The van der Waals surface area contributed by atoms with Gasteiger partial charge in [-0.05, 0) is 70.0 Å². The number of benzene rings is 6. The first-order chi connectivity index (χ1) is 20.2. The number of para-hydroxylation sites is 4. The van der Waals surface area contributed by atoms with Crippen molar-refractivity contribution in [3.05, 3.63) is 143 Å². The summed E-state index contributed by atoms with van der Waals surface area (Å²) in [5.41, 5.74) is 9.54. The third-order valence-electron chi connectivity index (χ3n) is 8.03. The molecule has 0 fully saturated rings. The van der Waals surface area contributed by atoms with E-state index in [-0.39, 0.29) is 0 Å². The summed E-state index contributed by atoms with van der Waals surface area (Å²) < 4.78 is 5.70. The van der Waals surface area contributed by atoms with E-state index < -0.39 is 0 Å². The molecule has 8 rings (SSSR count). The van der Waals surface area contributed by atoms with Crippen molar-refractivity contribution in [1.82, 2.24) is 9.13 Å². The third kappa shape index (κ3) is 3.57. The van der Waals surface area contributed by atoms with E-state index in [9.17, 15) is 5.26 Å². The molecule has 0 atom stereocenters. The molecule has 2 aromatic heterocycles. The van der Waals surface area contributed by atoms with E-state index in [0.29, 0.717) is 5.56 Å². The van der Waals surface area contributed by atoms with Crippen LogP contribution in [0.4, 0.5) is 0 Å². The minimum Gasteiger partial charge on any atom is -0.309 e. The molecule has 41 heavy (non-hydrogen) atoms. The maximum absolute atomic E-state index is 9.48. The Kier molecular flexibility index (Phi) is 5.35. The molecular formula is C37H22BrN3. The fourth-order valence-corrected chi connectivity index (χ4v) is 6.74. The monoisotopic (exact) mass is 587 g/mol. The number of hydrogen-bond acceptors (Lipinski definition) is 1. The number of nitrogens with zero attached hydrogens (tertiary/aromatic N) is 3. The lowest BCUT2D eigenvalue weighted by molar-refractivity contribution is 1.14. The van der Waals surface area contributed by atoms with E-state index in [1.165, 1.54) is 21.5 Å². The van der Waals surface area contributed by atoms with Crippen molar-refractivity contribution >= 4 is 59.5 Å². The first-order valence-corrected chi connectivity index (χ1v) is 14.3. The van der Waals surface area contributed by atoms with Gasteiger partial charge in [0.2, 0.25) is 0 Å². The van der Waals surface area contributed by atoms with Crippen molar-refractivity contribution in [3.63, 3.8) is 0 Å². The second-order valence-electron chi connectivity index (χ2n) is 10.2. The molecule has 6 aromatic carbocycles. The molecule has 0 saturated heterocycles. The van der Waals surface area contributed by atoms with Gasteiger partial charge in [-0.25, -0.2) is 0 Å². The van der Waals surface area contributed by atoms with E-state index in [1.54, 1.807) is 0 Å². The number of hydrogen-bond donors (Lipinski definition) is 0. The molecule has 0 saturated carbocycles. The fourth-order valence-electron chi connectivity index (χ4n) is 6.23. The number of nitriles is 1. The molecule has 0 aliphatic carbocycles. The van der Waals surface area contributed by atoms with Gasteiger partial charge in [0.05, 0.1) is 45.1 Å². The zero-order valence-electron chi connectivity index (χ0n) is 21.9. The molecule has 0 unspecified atom stereocenters. The summed E-state index contributed by atoms with van der Waals surface area (Å²) in [6.45, 7) is 0. The summed E-state index contributed by atoms with van der Waals surface area (Å²) in [5, 5.41) is 14.4. The summed E-state index contributed by atoms with van der Waals surface area (Å²) in [6.07, 6.45) is 0. The molecule has 2 heterocycles. The Morgan fingerprint density at radius 1 is 0.488 bits per heavy atom. The van der Waals surface area contributed by atoms with Gasteiger partial charge < -0.3 is 9.13 Å². The van der Waals surface area contributed by atoms with Crippen LogP contribution >= 0.6 is 15.9 Å². The second-order valence-corrected chi connectivity index (χ2v) is 11.1. The number of fused-ring (bicyclic) bond motifs is 6. The SMILES string of the molecule is N#Cc1ccc(-c2cc(-n3c4ccccc4c4ccccc43)c(Br)cc2-n2c3ccccc3c3ccccc32)cc1. The van der Waals surface area contributed by atoms with Gasteiger partial charge in [-0.3, -0.25) is 0 Å². The lowest BCUT2D eigenvalue weighted by Crippen LogP contribution is -2.02. The second kappa shape index (κ2) is 9.23. The van der Waals surface area contributed by atoms with Crippen LogP contribution in [-0.2, 0) is 0 Å². The zero-order valence-corrected chi connectivity index (χ0v) is 23.5. The first kappa shape index (κ1) is 23.7. The molecule has 0 radical (unpaired) electrons. The Hall–Kier alpha value is -5.11. The van der Waals surface area contributed by atoms with Crippen LogP contribution < -0.4 is 0 Å². The summed E-state index contributed by atoms with van der Waals surface area (Å²) >= 11 is 4.01. The standard InChI is InChI=1S/C37H22BrN3/c38-31-22-36(40-32-13-5-1-9-26(32)27-10-2-6-14-33(27)40)30(25-19-17-24(23-39)18-20-25)21-37(31)41-34-15-7-3-11-28(34)29-12-4-8-16-35(29)41/h1-22H. The minimum absolute atomic E-state index is 0.645. The molecule has 192 valence electrons. The van der Waals surface area contributed by atoms with Gasteiger partial charge in [-0.1, -0.05) is 84.9 Å². The highest BCUT2D eigenvalue weighted by Crippen LogP contribution is 2.41. The molecule has 0 amide bonds. The Labute approximate surface area is 245 Å². The number of rotatable bonds is 3. The average Bonchev–Trinajstić information content (AvgIpc) is 3.54. The molecule has 3 nitrogen and oxygen atoms in total. The Morgan fingerprint density at radius 3 is 1.34 bits per heavy atom. The van der Waals surface area contributed by atoms with Gasteiger partial charge in [-0.15, -0.1) is 0 Å². The van der Waals surface area contributed by atoms with E-state index in [0.717, 1.165) is 49.0 Å². The largest absolute Gasteiger partial charge is 0.309 e. The minimum atomic E-state index is 0.645. The Morgan fingerprint density at radius 2 is 0.902 bits per heavy atom. The summed E-state index contributed by atoms with van der Waals surface area (Å²) in [6, 6.07) is 49.0. The van der Waals surface area contributed by atoms with Crippen LogP contribution in [0.15, 0.2) is 138 Å². The molecule has 4 heteroatoms. The lowest BCUT2D eigenvalue weighted by Gasteiger charge is -2.19. The van der Waals surface area contributed by atoms with Gasteiger partial charge >= 0.3 is 0 Å². The maximum atomic E-state index is 9.48. The summed E-state index contributed by atoms with van der Waals surface area (Å²) in [7, 11) is 0. The van der Waals surface area contributed by atoms with E-state index in [4.69, 9.17) is 0 Å². The summed E-state index contributed by atoms with van der Waals surface area (Å²) in [4.78, 5) is 0. The van der Waals surface area contributed by atoms with Crippen LogP contribution in [0.3, 0.4) is 0 Å². The van der Waals surface area contributed by atoms with Crippen molar-refractivity contribution < 1.29 is 0 Å². The quantitative estimate of drug-likeness (QED) is 0.202. The van der Waals surface area contributed by atoms with Crippen LogP contribution in [0.5, 0.6) is 0 Å². The van der Waals surface area contributed by atoms with Crippen molar-refractivity contribution in [2.45, 2.75) is 0 Å². The van der Waals surface area contributed by atoms with Gasteiger partial charge in [0, 0.05) is 31.6 Å². The molecular weight excluding hydrogens is 566 g/mol. The average molecular weight is 589 g/mol. The molecule has 0 aliphatic heterocycles.